The summed E-state index contributed by atoms with van der Waals surface area (Å²) in [5.41, 5.74) is 4.09. The Labute approximate surface area is 243 Å². The van der Waals surface area contributed by atoms with Crippen molar-refractivity contribution >= 4 is 28.9 Å². The molecule has 0 aliphatic carbocycles. The molecule has 0 radical (unpaired) electrons. The minimum absolute atomic E-state index is 0.0568. The van der Waals surface area contributed by atoms with Gasteiger partial charge in [0.15, 0.2) is 0 Å². The van der Waals surface area contributed by atoms with E-state index in [1.165, 1.54) is 27.3 Å². The number of hydrogen-bond donors (Lipinski definition) is 2. The largest absolute Gasteiger partial charge is 0.490 e. The number of carbonyl (C=O) groups is 2. The highest BCUT2D eigenvalue weighted by atomic mass is 32.1. The fourth-order valence-corrected chi connectivity index (χ4v) is 5.39. The van der Waals surface area contributed by atoms with E-state index in [9.17, 15) is 18.0 Å². The summed E-state index contributed by atoms with van der Waals surface area (Å²) >= 11 is 1.90. The van der Waals surface area contributed by atoms with Gasteiger partial charge in [-0.15, -0.1) is 11.3 Å². The molecule has 2 aromatic carbocycles. The number of hydrogen-bond acceptors (Lipinski definition) is 5. The summed E-state index contributed by atoms with van der Waals surface area (Å²) in [6.45, 7) is 15.1. The van der Waals surface area contributed by atoms with Crippen LogP contribution >= 0.6 is 11.3 Å². The van der Waals surface area contributed by atoms with Crippen LogP contribution < -0.4 is 5.32 Å². The molecular weight excluding hydrogens is 551 g/mol. The average molecular weight is 590 g/mol. The zero-order chi connectivity index (χ0) is 30.2. The molecule has 2 heterocycles. The SMILES string of the molecule is Cc1ccc(CN2CCCN(Cc3cccc(C(=O)Nc4ccc(C(C)(C)C)cc4)c3)CC2)s1.O=C(O)C(F)(F)F. The van der Waals surface area contributed by atoms with Crippen molar-refractivity contribution in [3.05, 3.63) is 87.1 Å². The third-order valence-corrected chi connectivity index (χ3v) is 7.69. The van der Waals surface area contributed by atoms with Gasteiger partial charge in [0.05, 0.1) is 0 Å². The van der Waals surface area contributed by atoms with Crippen LogP contribution in [0.2, 0.25) is 0 Å². The van der Waals surface area contributed by atoms with E-state index < -0.39 is 12.1 Å². The van der Waals surface area contributed by atoms with Crippen LogP contribution in [0.4, 0.5) is 18.9 Å². The standard InChI is InChI=1S/C29H37N3OS.C2HF3O2/c1-22-9-14-27(34-22)21-32-16-6-15-31(17-18-32)20-23-7-5-8-24(19-23)28(33)30-26-12-10-25(11-13-26)29(2,3)4;3-2(4,5)1(6)7/h5,7-14,19H,6,15-18,20-21H2,1-4H3,(H,30,33);(H,6,7). The molecule has 2 N–H and O–H groups in total. The number of aryl methyl sites for hydroxylation is 1. The van der Waals surface area contributed by atoms with Crippen molar-refractivity contribution in [2.45, 2.75) is 58.8 Å². The van der Waals surface area contributed by atoms with Gasteiger partial charge in [0.1, 0.15) is 0 Å². The van der Waals surface area contributed by atoms with Gasteiger partial charge in [0, 0.05) is 47.2 Å². The van der Waals surface area contributed by atoms with Gasteiger partial charge in [-0.2, -0.15) is 13.2 Å². The smallest absolute Gasteiger partial charge is 0.475 e. The molecule has 4 rings (SSSR count). The van der Waals surface area contributed by atoms with Crippen LogP contribution in [0.15, 0.2) is 60.7 Å². The van der Waals surface area contributed by atoms with Gasteiger partial charge >= 0.3 is 12.1 Å². The molecule has 1 aliphatic heterocycles. The highest BCUT2D eigenvalue weighted by Gasteiger charge is 2.38. The van der Waals surface area contributed by atoms with Crippen molar-refractivity contribution in [3.8, 4) is 0 Å². The second-order valence-corrected chi connectivity index (χ2v) is 12.6. The van der Waals surface area contributed by atoms with E-state index >= 15 is 0 Å². The second-order valence-electron chi connectivity index (χ2n) is 11.2. The maximum absolute atomic E-state index is 12.9. The lowest BCUT2D eigenvalue weighted by atomic mass is 9.87. The van der Waals surface area contributed by atoms with Gasteiger partial charge in [0.2, 0.25) is 0 Å². The lowest BCUT2D eigenvalue weighted by Crippen LogP contribution is -2.30. The Morgan fingerprint density at radius 3 is 2.05 bits per heavy atom. The van der Waals surface area contributed by atoms with E-state index in [1.807, 2.05) is 41.7 Å². The predicted molar refractivity (Wildman–Crippen MR) is 157 cm³/mol. The van der Waals surface area contributed by atoms with Crippen molar-refractivity contribution in [2.75, 3.05) is 31.5 Å². The molecule has 0 atom stereocenters. The quantitative estimate of drug-likeness (QED) is 0.326. The summed E-state index contributed by atoms with van der Waals surface area (Å²) in [7, 11) is 0. The molecule has 1 fully saturated rings. The first-order valence-corrected chi connectivity index (χ1v) is 14.3. The van der Waals surface area contributed by atoms with Crippen molar-refractivity contribution in [1.82, 2.24) is 9.80 Å². The number of nitrogens with zero attached hydrogens (tertiary/aromatic N) is 2. The Kier molecular flexibility index (Phi) is 11.1. The molecule has 10 heteroatoms. The summed E-state index contributed by atoms with van der Waals surface area (Å²) in [4.78, 5) is 29.7. The van der Waals surface area contributed by atoms with E-state index in [1.54, 1.807) is 0 Å². The Balaban J connectivity index is 0.000000587. The summed E-state index contributed by atoms with van der Waals surface area (Å²) in [5.74, 6) is -2.81. The lowest BCUT2D eigenvalue weighted by Gasteiger charge is -2.21. The van der Waals surface area contributed by atoms with E-state index in [-0.39, 0.29) is 11.3 Å². The Hall–Kier alpha value is -3.21. The molecule has 41 heavy (non-hydrogen) atoms. The predicted octanol–water partition coefficient (Wildman–Crippen LogP) is 6.95. The van der Waals surface area contributed by atoms with E-state index in [0.29, 0.717) is 5.56 Å². The molecular formula is C31H38F3N3O3S. The molecule has 1 amide bonds. The number of alkyl halides is 3. The number of carboxylic acid groups (broad SMARTS) is 1. The van der Waals surface area contributed by atoms with Crippen LogP contribution in [0.3, 0.4) is 0 Å². The number of amides is 1. The van der Waals surface area contributed by atoms with E-state index in [0.717, 1.165) is 45.0 Å². The summed E-state index contributed by atoms with van der Waals surface area (Å²) in [6, 6.07) is 20.7. The first-order chi connectivity index (χ1) is 19.2. The van der Waals surface area contributed by atoms with Crippen molar-refractivity contribution in [2.24, 2.45) is 0 Å². The molecule has 0 spiro atoms. The van der Waals surface area contributed by atoms with Gasteiger partial charge in [-0.05, 0) is 79.4 Å². The number of carboxylic acids is 1. The molecule has 1 aromatic heterocycles. The molecule has 6 nitrogen and oxygen atoms in total. The average Bonchev–Trinajstić information content (AvgIpc) is 3.18. The van der Waals surface area contributed by atoms with Gasteiger partial charge in [-0.1, -0.05) is 45.0 Å². The third kappa shape index (κ3) is 10.6. The second kappa shape index (κ2) is 14.1. The fourth-order valence-electron chi connectivity index (χ4n) is 4.46. The number of halogens is 3. The van der Waals surface area contributed by atoms with E-state index in [4.69, 9.17) is 9.90 Å². The Morgan fingerprint density at radius 2 is 1.51 bits per heavy atom. The monoisotopic (exact) mass is 589 g/mol. The van der Waals surface area contributed by atoms with Crippen molar-refractivity contribution < 1.29 is 27.9 Å². The number of nitrogens with one attached hydrogen (secondary N) is 1. The number of thiophene rings is 1. The lowest BCUT2D eigenvalue weighted by molar-refractivity contribution is -0.192. The van der Waals surface area contributed by atoms with Crippen LogP contribution in [0.1, 0.15) is 58.4 Å². The fraction of sp³-hybridized carbons (Fsp3) is 0.419. The zero-order valence-electron chi connectivity index (χ0n) is 23.9. The number of anilines is 1. The minimum atomic E-state index is -5.08. The van der Waals surface area contributed by atoms with Gasteiger partial charge < -0.3 is 10.4 Å². The highest BCUT2D eigenvalue weighted by molar-refractivity contribution is 7.11. The first kappa shape index (κ1) is 32.3. The molecule has 1 aliphatic rings. The maximum Gasteiger partial charge on any atom is 0.490 e. The number of benzene rings is 2. The number of carbonyl (C=O) groups excluding carboxylic acids is 1. The Morgan fingerprint density at radius 1 is 0.902 bits per heavy atom. The third-order valence-electron chi connectivity index (χ3n) is 6.70. The van der Waals surface area contributed by atoms with Gasteiger partial charge in [-0.3, -0.25) is 14.6 Å². The zero-order valence-corrected chi connectivity index (χ0v) is 24.7. The maximum atomic E-state index is 12.9. The number of rotatable bonds is 6. The van der Waals surface area contributed by atoms with E-state index in [2.05, 4.69) is 73.1 Å². The van der Waals surface area contributed by atoms with Gasteiger partial charge in [-0.25, -0.2) is 4.79 Å². The Bertz CT molecular complexity index is 1300. The summed E-state index contributed by atoms with van der Waals surface area (Å²) in [6.07, 6.45) is -3.91. The summed E-state index contributed by atoms with van der Waals surface area (Å²) in [5, 5.41) is 10.2. The molecule has 0 unspecified atom stereocenters. The molecule has 0 saturated carbocycles. The molecule has 3 aromatic rings. The van der Waals surface area contributed by atoms with Crippen LogP contribution in [0, 0.1) is 6.92 Å². The first-order valence-electron chi connectivity index (χ1n) is 13.5. The molecule has 222 valence electrons. The van der Waals surface area contributed by atoms with Crippen LogP contribution in [-0.2, 0) is 23.3 Å². The normalized spacial score (nSPS) is 15.0. The highest BCUT2D eigenvalue weighted by Crippen LogP contribution is 2.24. The van der Waals surface area contributed by atoms with Crippen LogP contribution in [0.25, 0.3) is 0 Å². The topological polar surface area (TPSA) is 72.9 Å². The minimum Gasteiger partial charge on any atom is -0.475 e. The van der Waals surface area contributed by atoms with Gasteiger partial charge in [0.25, 0.3) is 5.91 Å². The van der Waals surface area contributed by atoms with Crippen molar-refractivity contribution in [1.29, 1.82) is 0 Å². The molecule has 0 bridgehead atoms. The van der Waals surface area contributed by atoms with Crippen LogP contribution in [-0.4, -0.2) is 59.1 Å². The molecule has 1 saturated heterocycles. The van der Waals surface area contributed by atoms with Crippen LogP contribution in [0.5, 0.6) is 0 Å². The summed E-state index contributed by atoms with van der Waals surface area (Å²) < 4.78 is 31.7. The number of aliphatic carboxylic acids is 1. The van der Waals surface area contributed by atoms with Crippen molar-refractivity contribution in [3.63, 3.8) is 0 Å².